The van der Waals surface area contributed by atoms with Crippen LogP contribution in [0, 0.1) is 11.3 Å². The molecule has 0 aliphatic heterocycles. The third-order valence-electron chi connectivity index (χ3n) is 3.22. The third-order valence-corrected chi connectivity index (χ3v) is 3.22. The molecule has 0 aliphatic rings. The van der Waals surface area contributed by atoms with Crippen LogP contribution in [-0.2, 0) is 6.42 Å². The first-order valence-corrected chi connectivity index (χ1v) is 7.13. The fraction of sp³-hybridized carbons (Fsp3) is 0.562. The molecule has 1 atom stereocenters. The maximum Gasteiger partial charge on any atom is 0.126 e. The fourth-order valence-corrected chi connectivity index (χ4v) is 1.88. The van der Waals surface area contributed by atoms with Gasteiger partial charge in [-0.1, -0.05) is 13.0 Å². The molecule has 20 heavy (non-hydrogen) atoms. The molecule has 0 spiro atoms. The SMILES string of the molecule is CCC(N)Cc1ccc(OC)cc1OCCCCC#N. The van der Waals surface area contributed by atoms with Crippen molar-refractivity contribution in [1.82, 2.24) is 0 Å². The number of hydrogen-bond acceptors (Lipinski definition) is 4. The molecule has 0 aliphatic carbocycles. The van der Waals surface area contributed by atoms with Crippen molar-refractivity contribution in [2.75, 3.05) is 13.7 Å². The molecule has 110 valence electrons. The van der Waals surface area contributed by atoms with Crippen molar-refractivity contribution >= 4 is 0 Å². The zero-order valence-corrected chi connectivity index (χ0v) is 12.4. The molecular formula is C16H24N2O2. The first-order chi connectivity index (χ1) is 9.71. The predicted molar refractivity (Wildman–Crippen MR) is 79.9 cm³/mol. The second-order valence-electron chi connectivity index (χ2n) is 4.81. The highest BCUT2D eigenvalue weighted by Crippen LogP contribution is 2.26. The summed E-state index contributed by atoms with van der Waals surface area (Å²) in [6.45, 7) is 2.69. The smallest absolute Gasteiger partial charge is 0.126 e. The lowest BCUT2D eigenvalue weighted by Crippen LogP contribution is -2.21. The molecule has 0 fully saturated rings. The Morgan fingerprint density at radius 2 is 2.15 bits per heavy atom. The van der Waals surface area contributed by atoms with Gasteiger partial charge in [0.05, 0.1) is 19.8 Å². The summed E-state index contributed by atoms with van der Waals surface area (Å²) in [6, 6.07) is 8.13. The minimum absolute atomic E-state index is 0.143. The molecule has 0 saturated heterocycles. The third kappa shape index (κ3) is 5.50. The van der Waals surface area contributed by atoms with Crippen molar-refractivity contribution < 1.29 is 9.47 Å². The Kier molecular flexibility index (Phi) is 7.52. The Morgan fingerprint density at radius 1 is 1.35 bits per heavy atom. The summed E-state index contributed by atoms with van der Waals surface area (Å²) in [6.07, 6.45) is 4.06. The van der Waals surface area contributed by atoms with Crippen LogP contribution in [-0.4, -0.2) is 19.8 Å². The summed E-state index contributed by atoms with van der Waals surface area (Å²) < 4.78 is 11.1. The van der Waals surface area contributed by atoms with Gasteiger partial charge in [0, 0.05) is 18.5 Å². The Labute approximate surface area is 121 Å². The molecule has 4 heteroatoms. The van der Waals surface area contributed by atoms with Crippen molar-refractivity contribution in [3.05, 3.63) is 23.8 Å². The quantitative estimate of drug-likeness (QED) is 0.704. The number of benzene rings is 1. The van der Waals surface area contributed by atoms with Gasteiger partial charge in [-0.2, -0.15) is 5.26 Å². The minimum Gasteiger partial charge on any atom is -0.497 e. The van der Waals surface area contributed by atoms with E-state index in [4.69, 9.17) is 20.5 Å². The highest BCUT2D eigenvalue weighted by atomic mass is 16.5. The summed E-state index contributed by atoms with van der Waals surface area (Å²) in [5.41, 5.74) is 7.13. The van der Waals surface area contributed by atoms with Crippen molar-refractivity contribution in [2.24, 2.45) is 5.73 Å². The number of nitrogens with zero attached hydrogens (tertiary/aromatic N) is 1. The molecule has 1 aromatic carbocycles. The van der Waals surface area contributed by atoms with Crippen LogP contribution in [0.2, 0.25) is 0 Å². The first-order valence-electron chi connectivity index (χ1n) is 7.13. The van der Waals surface area contributed by atoms with Gasteiger partial charge in [0.2, 0.25) is 0 Å². The largest absolute Gasteiger partial charge is 0.497 e. The number of hydrogen-bond donors (Lipinski definition) is 1. The number of ether oxygens (including phenoxy) is 2. The molecule has 1 rings (SSSR count). The average Bonchev–Trinajstić information content (AvgIpc) is 2.48. The lowest BCUT2D eigenvalue weighted by Gasteiger charge is -2.15. The van der Waals surface area contributed by atoms with Gasteiger partial charge in [-0.25, -0.2) is 0 Å². The Bertz CT molecular complexity index is 441. The highest BCUT2D eigenvalue weighted by molar-refractivity contribution is 5.41. The van der Waals surface area contributed by atoms with Gasteiger partial charge in [0.25, 0.3) is 0 Å². The zero-order chi connectivity index (χ0) is 14.8. The van der Waals surface area contributed by atoms with E-state index in [0.29, 0.717) is 13.0 Å². The van der Waals surface area contributed by atoms with Crippen molar-refractivity contribution in [2.45, 2.75) is 45.1 Å². The minimum atomic E-state index is 0.143. The van der Waals surface area contributed by atoms with Crippen LogP contribution in [0.5, 0.6) is 11.5 Å². The number of nitriles is 1. The summed E-state index contributed by atoms with van der Waals surface area (Å²) in [5.74, 6) is 1.62. The van der Waals surface area contributed by atoms with E-state index in [0.717, 1.165) is 42.7 Å². The van der Waals surface area contributed by atoms with Gasteiger partial charge in [-0.15, -0.1) is 0 Å². The fourth-order valence-electron chi connectivity index (χ4n) is 1.88. The van der Waals surface area contributed by atoms with E-state index < -0.39 is 0 Å². The maximum absolute atomic E-state index is 8.50. The van der Waals surface area contributed by atoms with Crippen LogP contribution >= 0.6 is 0 Å². The lowest BCUT2D eigenvalue weighted by atomic mass is 10.0. The second kappa shape index (κ2) is 9.22. The highest BCUT2D eigenvalue weighted by Gasteiger charge is 2.09. The summed E-state index contributed by atoms with van der Waals surface area (Å²) >= 11 is 0. The number of methoxy groups -OCH3 is 1. The second-order valence-corrected chi connectivity index (χ2v) is 4.81. The molecular weight excluding hydrogens is 252 g/mol. The van der Waals surface area contributed by atoms with Crippen LogP contribution in [0.15, 0.2) is 18.2 Å². The Balaban J connectivity index is 2.66. The number of nitrogens with two attached hydrogens (primary N) is 1. The number of rotatable bonds is 9. The van der Waals surface area contributed by atoms with E-state index >= 15 is 0 Å². The van der Waals surface area contributed by atoms with Crippen molar-refractivity contribution in [1.29, 1.82) is 5.26 Å². The maximum atomic E-state index is 8.50. The van der Waals surface area contributed by atoms with E-state index in [2.05, 4.69) is 13.0 Å². The molecule has 0 heterocycles. The van der Waals surface area contributed by atoms with Crippen LogP contribution in [0.1, 0.15) is 38.2 Å². The van der Waals surface area contributed by atoms with E-state index in [9.17, 15) is 0 Å². The molecule has 4 nitrogen and oxygen atoms in total. The Morgan fingerprint density at radius 3 is 2.80 bits per heavy atom. The average molecular weight is 276 g/mol. The van der Waals surface area contributed by atoms with E-state index in [1.54, 1.807) is 7.11 Å². The zero-order valence-electron chi connectivity index (χ0n) is 12.4. The van der Waals surface area contributed by atoms with Gasteiger partial charge < -0.3 is 15.2 Å². The van der Waals surface area contributed by atoms with E-state index in [-0.39, 0.29) is 6.04 Å². The molecule has 1 aromatic rings. The van der Waals surface area contributed by atoms with Gasteiger partial charge in [0.1, 0.15) is 11.5 Å². The molecule has 2 N–H and O–H groups in total. The van der Waals surface area contributed by atoms with Crippen LogP contribution in [0.3, 0.4) is 0 Å². The topological polar surface area (TPSA) is 68.3 Å². The molecule has 0 saturated carbocycles. The standard InChI is InChI=1S/C16H24N2O2/c1-3-14(18)11-13-7-8-15(19-2)12-16(13)20-10-6-4-5-9-17/h7-8,12,14H,3-6,10-11,18H2,1-2H3. The van der Waals surface area contributed by atoms with Gasteiger partial charge in [-0.3, -0.25) is 0 Å². The monoisotopic (exact) mass is 276 g/mol. The van der Waals surface area contributed by atoms with Crippen molar-refractivity contribution in [3.8, 4) is 17.6 Å². The van der Waals surface area contributed by atoms with Crippen LogP contribution < -0.4 is 15.2 Å². The summed E-state index contributed by atoms with van der Waals surface area (Å²) in [5, 5.41) is 8.50. The van der Waals surface area contributed by atoms with Crippen LogP contribution in [0.25, 0.3) is 0 Å². The normalized spacial score (nSPS) is 11.7. The molecule has 0 radical (unpaired) electrons. The molecule has 0 aromatic heterocycles. The van der Waals surface area contributed by atoms with Crippen LogP contribution in [0.4, 0.5) is 0 Å². The molecule has 0 amide bonds. The van der Waals surface area contributed by atoms with Gasteiger partial charge in [0.15, 0.2) is 0 Å². The van der Waals surface area contributed by atoms with E-state index in [1.165, 1.54) is 0 Å². The van der Waals surface area contributed by atoms with Gasteiger partial charge in [-0.05, 0) is 37.3 Å². The predicted octanol–water partition coefficient (Wildman–Crippen LogP) is 3.05. The summed E-state index contributed by atoms with van der Waals surface area (Å²) in [4.78, 5) is 0. The number of unbranched alkanes of at least 4 members (excludes halogenated alkanes) is 2. The summed E-state index contributed by atoms with van der Waals surface area (Å²) in [7, 11) is 1.64. The first kappa shape index (κ1) is 16.3. The molecule has 1 unspecified atom stereocenters. The molecule has 0 bridgehead atoms. The lowest BCUT2D eigenvalue weighted by molar-refractivity contribution is 0.301. The Hall–Kier alpha value is -1.73. The van der Waals surface area contributed by atoms with E-state index in [1.807, 2.05) is 18.2 Å². The van der Waals surface area contributed by atoms with Crippen molar-refractivity contribution in [3.63, 3.8) is 0 Å². The van der Waals surface area contributed by atoms with Gasteiger partial charge >= 0.3 is 0 Å².